The second-order valence-electron chi connectivity index (χ2n) is 9.35. The molecule has 0 fully saturated rings. The Bertz CT molecular complexity index is 464. The average molecular weight is 547 g/mol. The van der Waals surface area contributed by atoms with E-state index in [1.54, 1.807) is 0 Å². The number of nitrogens with one attached hydrogen (secondary N) is 10. The number of rotatable bonds is 34. The zero-order valence-electron chi connectivity index (χ0n) is 24.3. The summed E-state index contributed by atoms with van der Waals surface area (Å²) >= 11 is 0. The summed E-state index contributed by atoms with van der Waals surface area (Å²) in [6.45, 7) is 21.4. The van der Waals surface area contributed by atoms with Crippen LogP contribution in [0.4, 0.5) is 0 Å². The number of carboxylic acids is 1. The Morgan fingerprint density at radius 2 is 0.632 bits per heavy atom. The van der Waals surface area contributed by atoms with E-state index in [4.69, 9.17) is 5.11 Å². The molecule has 12 nitrogen and oxygen atoms in total. The maximum atomic E-state index is 10.4. The first-order valence-corrected chi connectivity index (χ1v) is 15.1. The topological polar surface area (TPSA) is 158 Å². The molecule has 12 heteroatoms. The number of carbonyl (C=O) groups is 1. The van der Waals surface area contributed by atoms with E-state index in [0.29, 0.717) is 6.54 Å². The second kappa shape index (κ2) is 34.1. The molecule has 0 unspecified atom stereocenters. The molecule has 0 amide bonds. The van der Waals surface area contributed by atoms with E-state index in [1.807, 2.05) is 0 Å². The van der Waals surface area contributed by atoms with Gasteiger partial charge in [0.2, 0.25) is 0 Å². The molecule has 228 valence electrons. The Labute approximate surface area is 232 Å². The van der Waals surface area contributed by atoms with Crippen LogP contribution in [0.15, 0.2) is 0 Å². The second-order valence-corrected chi connectivity index (χ2v) is 9.35. The Hall–Kier alpha value is -0.930. The lowest BCUT2D eigenvalue weighted by Gasteiger charge is -2.10. The molecule has 0 aromatic heterocycles. The highest BCUT2D eigenvalue weighted by Crippen LogP contribution is 1.90. The van der Waals surface area contributed by atoms with Gasteiger partial charge in [0.1, 0.15) is 0 Å². The van der Waals surface area contributed by atoms with Gasteiger partial charge in [-0.1, -0.05) is 19.8 Å². The molecule has 0 atom stereocenters. The number of hydrogen-bond acceptors (Lipinski definition) is 11. The van der Waals surface area contributed by atoms with Crippen LogP contribution in [0.2, 0.25) is 0 Å². The fourth-order valence-corrected chi connectivity index (χ4v) is 3.54. The quantitative estimate of drug-likeness (QED) is 0.0388. The van der Waals surface area contributed by atoms with Gasteiger partial charge in [-0.2, -0.15) is 0 Å². The Morgan fingerprint density at radius 1 is 0.395 bits per heavy atom. The van der Waals surface area contributed by atoms with Crippen LogP contribution < -0.4 is 53.2 Å². The van der Waals surface area contributed by atoms with Crippen molar-refractivity contribution in [1.82, 2.24) is 53.2 Å². The van der Waals surface area contributed by atoms with Crippen LogP contribution in [0.5, 0.6) is 0 Å². The van der Waals surface area contributed by atoms with Crippen molar-refractivity contribution in [1.29, 1.82) is 0 Å². The predicted octanol–water partition coefficient (Wildman–Crippen LogP) is -2.45. The van der Waals surface area contributed by atoms with Crippen LogP contribution in [0, 0.1) is 0 Å². The summed E-state index contributed by atoms with van der Waals surface area (Å²) in [4.78, 5) is 10.4. The van der Waals surface area contributed by atoms with Crippen molar-refractivity contribution in [3.05, 3.63) is 0 Å². The SMILES string of the molecule is CCCCCNCCNCCNCCNCCNCCNCCNCCNCCNCCNCCC(=O)O. The molecule has 0 saturated carbocycles. The highest BCUT2D eigenvalue weighted by molar-refractivity contribution is 5.66. The lowest BCUT2D eigenvalue weighted by Crippen LogP contribution is -2.38. The minimum atomic E-state index is -0.759. The molecule has 0 aliphatic rings. The van der Waals surface area contributed by atoms with Gasteiger partial charge in [0.15, 0.2) is 0 Å². The van der Waals surface area contributed by atoms with E-state index < -0.39 is 5.97 Å². The van der Waals surface area contributed by atoms with Gasteiger partial charge < -0.3 is 58.3 Å². The zero-order valence-corrected chi connectivity index (χ0v) is 24.3. The van der Waals surface area contributed by atoms with Crippen molar-refractivity contribution >= 4 is 5.97 Å². The molecule has 0 radical (unpaired) electrons. The summed E-state index contributed by atoms with van der Waals surface area (Å²) < 4.78 is 0. The molecular formula is C26H62N10O2. The highest BCUT2D eigenvalue weighted by atomic mass is 16.4. The normalized spacial score (nSPS) is 11.4. The summed E-state index contributed by atoms with van der Waals surface area (Å²) in [6, 6.07) is 0. The first-order chi connectivity index (χ1) is 18.8. The Kier molecular flexibility index (Phi) is 33.3. The zero-order chi connectivity index (χ0) is 27.6. The first-order valence-electron chi connectivity index (χ1n) is 15.1. The molecule has 0 heterocycles. The molecule has 38 heavy (non-hydrogen) atoms. The molecule has 0 aromatic rings. The molecule has 0 bridgehead atoms. The third-order valence-corrected chi connectivity index (χ3v) is 5.78. The average Bonchev–Trinajstić information content (AvgIpc) is 2.91. The molecule has 11 N–H and O–H groups in total. The van der Waals surface area contributed by atoms with Gasteiger partial charge in [-0.25, -0.2) is 0 Å². The number of aliphatic carboxylic acids is 1. The maximum absolute atomic E-state index is 10.4. The smallest absolute Gasteiger partial charge is 0.304 e. The molecular weight excluding hydrogens is 484 g/mol. The van der Waals surface area contributed by atoms with Crippen molar-refractivity contribution < 1.29 is 9.90 Å². The Balaban J connectivity index is 3.02. The number of carboxylic acid groups (broad SMARTS) is 1. The molecule has 0 saturated heterocycles. The van der Waals surface area contributed by atoms with E-state index in [1.165, 1.54) is 19.3 Å². The summed E-state index contributed by atoms with van der Waals surface area (Å²) in [5.41, 5.74) is 0. The lowest BCUT2D eigenvalue weighted by atomic mass is 10.2. The summed E-state index contributed by atoms with van der Waals surface area (Å²) in [5.74, 6) is -0.759. The fourth-order valence-electron chi connectivity index (χ4n) is 3.54. The van der Waals surface area contributed by atoms with Crippen molar-refractivity contribution in [3.8, 4) is 0 Å². The standard InChI is InChI=1S/C26H62N10O2/c1-2-3-4-6-27-8-10-29-12-14-31-16-18-33-20-22-35-24-25-36-23-21-34-19-17-32-15-13-30-11-9-28-7-5-26(37)38/h27-36H,2-25H2,1H3,(H,37,38). The van der Waals surface area contributed by atoms with Gasteiger partial charge in [0.05, 0.1) is 6.42 Å². The van der Waals surface area contributed by atoms with Gasteiger partial charge in [-0.15, -0.1) is 0 Å². The van der Waals surface area contributed by atoms with Crippen molar-refractivity contribution in [3.63, 3.8) is 0 Å². The third kappa shape index (κ3) is 35.1. The highest BCUT2D eigenvalue weighted by Gasteiger charge is 1.95. The first kappa shape index (κ1) is 37.1. The monoisotopic (exact) mass is 547 g/mol. The van der Waals surface area contributed by atoms with Gasteiger partial charge in [-0.05, 0) is 13.0 Å². The molecule has 0 spiro atoms. The van der Waals surface area contributed by atoms with Gasteiger partial charge in [0.25, 0.3) is 0 Å². The van der Waals surface area contributed by atoms with E-state index in [9.17, 15) is 4.79 Å². The lowest BCUT2D eigenvalue weighted by molar-refractivity contribution is -0.136. The van der Waals surface area contributed by atoms with Crippen LogP contribution >= 0.6 is 0 Å². The van der Waals surface area contributed by atoms with Crippen molar-refractivity contribution in [2.45, 2.75) is 32.6 Å². The fraction of sp³-hybridized carbons (Fsp3) is 0.962. The van der Waals surface area contributed by atoms with Crippen LogP contribution in [0.3, 0.4) is 0 Å². The minimum Gasteiger partial charge on any atom is -0.481 e. The summed E-state index contributed by atoms with van der Waals surface area (Å²) in [7, 11) is 0. The third-order valence-electron chi connectivity index (χ3n) is 5.78. The summed E-state index contributed by atoms with van der Waals surface area (Å²) in [6.07, 6.45) is 4.07. The van der Waals surface area contributed by atoms with E-state index in [0.717, 1.165) is 124 Å². The summed E-state index contributed by atoms with van der Waals surface area (Å²) in [5, 5.41) is 42.6. The van der Waals surface area contributed by atoms with Gasteiger partial charge in [-0.3, -0.25) is 4.79 Å². The van der Waals surface area contributed by atoms with Crippen LogP contribution in [-0.4, -0.2) is 142 Å². The van der Waals surface area contributed by atoms with Crippen LogP contribution in [0.1, 0.15) is 32.6 Å². The van der Waals surface area contributed by atoms with E-state index in [2.05, 4.69) is 60.1 Å². The van der Waals surface area contributed by atoms with Gasteiger partial charge in [0, 0.05) is 124 Å². The number of hydrogen-bond donors (Lipinski definition) is 11. The molecule has 0 rings (SSSR count). The molecule has 0 aromatic carbocycles. The predicted molar refractivity (Wildman–Crippen MR) is 160 cm³/mol. The van der Waals surface area contributed by atoms with Gasteiger partial charge >= 0.3 is 5.97 Å². The van der Waals surface area contributed by atoms with Crippen LogP contribution in [-0.2, 0) is 4.79 Å². The van der Waals surface area contributed by atoms with E-state index in [-0.39, 0.29) is 6.42 Å². The van der Waals surface area contributed by atoms with Crippen molar-refractivity contribution in [2.24, 2.45) is 0 Å². The maximum Gasteiger partial charge on any atom is 0.304 e. The Morgan fingerprint density at radius 3 is 0.868 bits per heavy atom. The van der Waals surface area contributed by atoms with E-state index >= 15 is 0 Å². The number of unbranched alkanes of at least 4 members (excludes halogenated alkanes) is 2. The van der Waals surface area contributed by atoms with Crippen molar-refractivity contribution in [2.75, 3.05) is 131 Å². The molecule has 0 aliphatic heterocycles. The largest absolute Gasteiger partial charge is 0.481 e. The minimum absolute atomic E-state index is 0.175. The van der Waals surface area contributed by atoms with Crippen LogP contribution in [0.25, 0.3) is 0 Å². The molecule has 0 aliphatic carbocycles.